The lowest BCUT2D eigenvalue weighted by Gasteiger charge is -2.20. The van der Waals surface area contributed by atoms with Crippen molar-refractivity contribution in [2.24, 2.45) is 5.41 Å². The van der Waals surface area contributed by atoms with Crippen LogP contribution in [0.3, 0.4) is 0 Å². The van der Waals surface area contributed by atoms with E-state index in [1.807, 2.05) is 44.2 Å². The van der Waals surface area contributed by atoms with Crippen molar-refractivity contribution >= 4 is 5.78 Å². The summed E-state index contributed by atoms with van der Waals surface area (Å²) in [4.78, 5) is 12.0. The molecule has 0 aliphatic rings. The van der Waals surface area contributed by atoms with Gasteiger partial charge < -0.3 is 0 Å². The normalized spacial score (nSPS) is 11.0. The molecule has 1 heteroatoms. The lowest BCUT2D eigenvalue weighted by Crippen LogP contribution is -2.23. The van der Waals surface area contributed by atoms with Crippen molar-refractivity contribution in [2.45, 2.75) is 20.3 Å². The van der Waals surface area contributed by atoms with Gasteiger partial charge in [-0.2, -0.15) is 0 Å². The van der Waals surface area contributed by atoms with Crippen LogP contribution in [0.15, 0.2) is 43.0 Å². The highest BCUT2D eigenvalue weighted by molar-refractivity contribution is 6.00. The van der Waals surface area contributed by atoms with Crippen molar-refractivity contribution in [3.63, 3.8) is 0 Å². The quantitative estimate of drug-likeness (QED) is 0.522. The molecule has 0 amide bonds. The summed E-state index contributed by atoms with van der Waals surface area (Å²) in [7, 11) is 0. The van der Waals surface area contributed by atoms with Crippen LogP contribution in [-0.4, -0.2) is 5.78 Å². The number of hydrogen-bond donors (Lipinski definition) is 0. The van der Waals surface area contributed by atoms with Crippen LogP contribution in [-0.2, 0) is 0 Å². The number of Topliss-reactive ketones (excluding diaryl/α,β-unsaturated/α-hetero) is 1. The van der Waals surface area contributed by atoms with E-state index in [2.05, 4.69) is 6.58 Å². The summed E-state index contributed by atoms with van der Waals surface area (Å²) in [6, 6.07) is 9.39. The van der Waals surface area contributed by atoms with Gasteiger partial charge in [-0.05, 0) is 6.42 Å². The highest BCUT2D eigenvalue weighted by atomic mass is 16.1. The molecule has 0 saturated heterocycles. The Morgan fingerprint density at radius 1 is 1.36 bits per heavy atom. The lowest BCUT2D eigenvalue weighted by molar-refractivity contribution is 0.0841. The van der Waals surface area contributed by atoms with E-state index in [-0.39, 0.29) is 11.2 Å². The van der Waals surface area contributed by atoms with Crippen molar-refractivity contribution in [1.82, 2.24) is 0 Å². The number of carbonyl (C=O) groups excluding carboxylic acids is 1. The Labute approximate surface area is 85.5 Å². The molecule has 0 heterocycles. The van der Waals surface area contributed by atoms with Gasteiger partial charge >= 0.3 is 0 Å². The van der Waals surface area contributed by atoms with E-state index in [0.29, 0.717) is 6.42 Å². The molecule has 0 aliphatic heterocycles. The van der Waals surface area contributed by atoms with E-state index < -0.39 is 0 Å². The Morgan fingerprint density at radius 3 is 2.43 bits per heavy atom. The molecule has 0 fully saturated rings. The Morgan fingerprint density at radius 2 is 1.93 bits per heavy atom. The van der Waals surface area contributed by atoms with Crippen LogP contribution in [0.1, 0.15) is 30.6 Å². The number of allylic oxidation sites excluding steroid dienone is 1. The van der Waals surface area contributed by atoms with Gasteiger partial charge in [-0.1, -0.05) is 50.3 Å². The van der Waals surface area contributed by atoms with E-state index in [0.717, 1.165) is 5.56 Å². The summed E-state index contributed by atoms with van der Waals surface area (Å²) >= 11 is 0. The molecule has 14 heavy (non-hydrogen) atoms. The zero-order valence-electron chi connectivity index (χ0n) is 8.79. The van der Waals surface area contributed by atoms with Crippen LogP contribution < -0.4 is 0 Å². The van der Waals surface area contributed by atoms with Crippen molar-refractivity contribution in [2.75, 3.05) is 0 Å². The second kappa shape index (κ2) is 4.23. The zero-order valence-corrected chi connectivity index (χ0v) is 8.79. The third-order valence-electron chi connectivity index (χ3n) is 2.31. The summed E-state index contributed by atoms with van der Waals surface area (Å²) < 4.78 is 0. The molecular weight excluding hydrogens is 172 g/mol. The van der Waals surface area contributed by atoms with Gasteiger partial charge in [0.15, 0.2) is 5.78 Å². The van der Waals surface area contributed by atoms with Crippen LogP contribution in [0.4, 0.5) is 0 Å². The molecule has 1 aromatic carbocycles. The fraction of sp³-hybridized carbons (Fsp3) is 0.308. The minimum absolute atomic E-state index is 0.179. The minimum atomic E-state index is -0.344. The van der Waals surface area contributed by atoms with Crippen LogP contribution in [0.25, 0.3) is 0 Å². The molecule has 0 bridgehead atoms. The second-order valence-corrected chi connectivity index (χ2v) is 4.07. The summed E-state index contributed by atoms with van der Waals surface area (Å²) in [6.45, 7) is 7.57. The highest BCUT2D eigenvalue weighted by Crippen LogP contribution is 2.25. The van der Waals surface area contributed by atoms with Crippen molar-refractivity contribution in [3.8, 4) is 0 Å². The largest absolute Gasteiger partial charge is 0.294 e. The highest BCUT2D eigenvalue weighted by Gasteiger charge is 2.26. The van der Waals surface area contributed by atoms with E-state index in [4.69, 9.17) is 0 Å². The SMILES string of the molecule is C=CCC(C)(C)C(=O)c1ccccc1. The molecule has 1 rings (SSSR count). The Kier molecular flexibility index (Phi) is 3.23. The first-order chi connectivity index (χ1) is 6.58. The van der Waals surface area contributed by atoms with Gasteiger partial charge in [-0.15, -0.1) is 6.58 Å². The summed E-state index contributed by atoms with van der Waals surface area (Å²) in [5, 5.41) is 0. The average Bonchev–Trinajstić information content (AvgIpc) is 2.18. The van der Waals surface area contributed by atoms with Gasteiger partial charge in [-0.25, -0.2) is 0 Å². The zero-order chi connectivity index (χ0) is 10.6. The monoisotopic (exact) mass is 188 g/mol. The number of rotatable bonds is 4. The van der Waals surface area contributed by atoms with E-state index in [1.54, 1.807) is 6.08 Å². The maximum atomic E-state index is 12.0. The Hall–Kier alpha value is -1.37. The van der Waals surface area contributed by atoms with Gasteiger partial charge in [0.25, 0.3) is 0 Å². The predicted octanol–water partition coefficient (Wildman–Crippen LogP) is 3.47. The first-order valence-electron chi connectivity index (χ1n) is 4.78. The average molecular weight is 188 g/mol. The van der Waals surface area contributed by atoms with E-state index in [1.165, 1.54) is 0 Å². The van der Waals surface area contributed by atoms with Crippen LogP contribution in [0.5, 0.6) is 0 Å². The van der Waals surface area contributed by atoms with Crippen LogP contribution >= 0.6 is 0 Å². The minimum Gasteiger partial charge on any atom is -0.294 e. The maximum Gasteiger partial charge on any atom is 0.168 e. The summed E-state index contributed by atoms with van der Waals surface area (Å²) in [5.41, 5.74) is 0.433. The first-order valence-corrected chi connectivity index (χ1v) is 4.78. The molecule has 0 saturated carbocycles. The predicted molar refractivity (Wildman–Crippen MR) is 59.4 cm³/mol. The van der Waals surface area contributed by atoms with Gasteiger partial charge in [0, 0.05) is 11.0 Å². The Bertz CT molecular complexity index is 322. The number of benzene rings is 1. The standard InChI is InChI=1S/C13H16O/c1-4-10-13(2,3)12(14)11-8-6-5-7-9-11/h4-9H,1,10H2,2-3H3. The summed E-state index contributed by atoms with van der Waals surface area (Å²) in [6.07, 6.45) is 2.50. The third kappa shape index (κ3) is 2.32. The lowest BCUT2D eigenvalue weighted by atomic mass is 9.81. The second-order valence-electron chi connectivity index (χ2n) is 4.07. The topological polar surface area (TPSA) is 17.1 Å². The maximum absolute atomic E-state index is 12.0. The van der Waals surface area contributed by atoms with Gasteiger partial charge in [0.2, 0.25) is 0 Å². The number of hydrogen-bond acceptors (Lipinski definition) is 1. The van der Waals surface area contributed by atoms with Gasteiger partial charge in [-0.3, -0.25) is 4.79 Å². The third-order valence-corrected chi connectivity index (χ3v) is 2.31. The molecule has 0 spiro atoms. The first kappa shape index (κ1) is 10.7. The Balaban J connectivity index is 2.90. The molecule has 0 aliphatic carbocycles. The van der Waals surface area contributed by atoms with Gasteiger partial charge in [0.1, 0.15) is 0 Å². The number of carbonyl (C=O) groups is 1. The molecule has 1 aromatic rings. The van der Waals surface area contributed by atoms with E-state index >= 15 is 0 Å². The molecule has 1 nitrogen and oxygen atoms in total. The number of ketones is 1. The van der Waals surface area contributed by atoms with Crippen LogP contribution in [0.2, 0.25) is 0 Å². The molecule has 0 radical (unpaired) electrons. The molecule has 74 valence electrons. The van der Waals surface area contributed by atoms with Crippen molar-refractivity contribution in [3.05, 3.63) is 48.6 Å². The molecule has 0 atom stereocenters. The van der Waals surface area contributed by atoms with Crippen LogP contribution in [0, 0.1) is 5.41 Å². The van der Waals surface area contributed by atoms with E-state index in [9.17, 15) is 4.79 Å². The fourth-order valence-electron chi connectivity index (χ4n) is 1.43. The molecule has 0 aromatic heterocycles. The summed E-state index contributed by atoms with van der Waals surface area (Å²) in [5.74, 6) is 0.179. The molecule has 0 N–H and O–H groups in total. The molecular formula is C13H16O. The fourth-order valence-corrected chi connectivity index (χ4v) is 1.43. The van der Waals surface area contributed by atoms with Crippen molar-refractivity contribution in [1.29, 1.82) is 0 Å². The van der Waals surface area contributed by atoms with Crippen molar-refractivity contribution < 1.29 is 4.79 Å². The van der Waals surface area contributed by atoms with Gasteiger partial charge in [0.05, 0.1) is 0 Å². The smallest absolute Gasteiger partial charge is 0.168 e. The molecule has 0 unspecified atom stereocenters.